The molecule has 0 saturated carbocycles. The number of nitrogens with zero attached hydrogens (tertiary/aromatic N) is 2. The maximum absolute atomic E-state index is 12.5. The molecular formula is C19H24N2O2. The highest BCUT2D eigenvalue weighted by atomic mass is 16.3. The van der Waals surface area contributed by atoms with Crippen LogP contribution in [0.4, 0.5) is 0 Å². The summed E-state index contributed by atoms with van der Waals surface area (Å²) in [6.07, 6.45) is 1.04. The summed E-state index contributed by atoms with van der Waals surface area (Å²) >= 11 is 0. The van der Waals surface area contributed by atoms with Gasteiger partial charge in [-0.05, 0) is 36.9 Å². The Kier molecular flexibility index (Phi) is 4.37. The van der Waals surface area contributed by atoms with E-state index >= 15 is 0 Å². The number of carbonyl (C=O) groups is 1. The average molecular weight is 312 g/mol. The third kappa shape index (κ3) is 3.71. The molecule has 0 aromatic heterocycles. The third-order valence-corrected chi connectivity index (χ3v) is 4.46. The summed E-state index contributed by atoms with van der Waals surface area (Å²) in [5.41, 5.74) is 0.250. The lowest BCUT2D eigenvalue weighted by atomic mass is 10.0. The van der Waals surface area contributed by atoms with Gasteiger partial charge in [-0.25, -0.2) is 0 Å². The van der Waals surface area contributed by atoms with E-state index < -0.39 is 5.60 Å². The number of benzene rings is 2. The van der Waals surface area contributed by atoms with Crippen LogP contribution in [0.25, 0.3) is 10.8 Å². The van der Waals surface area contributed by atoms with Gasteiger partial charge in [-0.15, -0.1) is 0 Å². The van der Waals surface area contributed by atoms with Gasteiger partial charge in [-0.3, -0.25) is 4.79 Å². The number of aliphatic hydroxyl groups is 1. The van der Waals surface area contributed by atoms with Crippen molar-refractivity contribution in [3.05, 3.63) is 48.0 Å². The molecule has 23 heavy (non-hydrogen) atoms. The van der Waals surface area contributed by atoms with E-state index in [1.807, 2.05) is 37.2 Å². The molecule has 1 aliphatic heterocycles. The van der Waals surface area contributed by atoms with Crippen LogP contribution >= 0.6 is 0 Å². The number of carbonyl (C=O) groups excluding carboxylic acids is 1. The standard InChI is InChI=1S/C19H24N2O2/c1-20(2)13-19(23)9-10-21(14-19)18(22)12-15-7-8-16-5-3-4-6-17(16)11-15/h3-8,11,23H,9-10,12-14H2,1-2H3/t19-/m0/s1. The molecule has 0 bridgehead atoms. The van der Waals surface area contributed by atoms with Crippen molar-refractivity contribution in [2.45, 2.75) is 18.4 Å². The minimum Gasteiger partial charge on any atom is -0.387 e. The number of hydrogen-bond donors (Lipinski definition) is 1. The van der Waals surface area contributed by atoms with Gasteiger partial charge in [0.05, 0.1) is 18.6 Å². The van der Waals surface area contributed by atoms with Gasteiger partial charge in [0.25, 0.3) is 0 Å². The first-order valence-corrected chi connectivity index (χ1v) is 8.08. The van der Waals surface area contributed by atoms with E-state index in [4.69, 9.17) is 0 Å². The van der Waals surface area contributed by atoms with E-state index in [0.717, 1.165) is 10.9 Å². The zero-order valence-corrected chi connectivity index (χ0v) is 13.8. The van der Waals surface area contributed by atoms with E-state index in [1.165, 1.54) is 5.39 Å². The van der Waals surface area contributed by atoms with E-state index in [1.54, 1.807) is 4.90 Å². The van der Waals surface area contributed by atoms with Crippen molar-refractivity contribution in [3.8, 4) is 0 Å². The Morgan fingerprint density at radius 3 is 2.70 bits per heavy atom. The van der Waals surface area contributed by atoms with Crippen molar-refractivity contribution in [2.24, 2.45) is 0 Å². The van der Waals surface area contributed by atoms with Gasteiger partial charge >= 0.3 is 0 Å². The Labute approximate surface area is 137 Å². The average Bonchev–Trinajstić information content (AvgIpc) is 2.88. The van der Waals surface area contributed by atoms with E-state index in [2.05, 4.69) is 24.3 Å². The maximum Gasteiger partial charge on any atom is 0.227 e. The Morgan fingerprint density at radius 2 is 1.96 bits per heavy atom. The van der Waals surface area contributed by atoms with Crippen LogP contribution in [0.2, 0.25) is 0 Å². The number of rotatable bonds is 4. The van der Waals surface area contributed by atoms with Gasteiger partial charge in [0, 0.05) is 13.1 Å². The van der Waals surface area contributed by atoms with Crippen molar-refractivity contribution >= 4 is 16.7 Å². The minimum absolute atomic E-state index is 0.0926. The molecule has 4 nitrogen and oxygen atoms in total. The van der Waals surface area contributed by atoms with Crippen LogP contribution in [0, 0.1) is 0 Å². The highest BCUT2D eigenvalue weighted by Crippen LogP contribution is 2.23. The lowest BCUT2D eigenvalue weighted by Crippen LogP contribution is -2.43. The second-order valence-electron chi connectivity index (χ2n) is 6.89. The number of fused-ring (bicyclic) bond motifs is 1. The first kappa shape index (κ1) is 16.0. The molecule has 1 heterocycles. The Hall–Kier alpha value is -1.91. The van der Waals surface area contributed by atoms with E-state index in [-0.39, 0.29) is 5.91 Å². The zero-order valence-electron chi connectivity index (χ0n) is 13.8. The van der Waals surface area contributed by atoms with E-state index in [9.17, 15) is 9.90 Å². The van der Waals surface area contributed by atoms with Gasteiger partial charge in [-0.2, -0.15) is 0 Å². The molecule has 0 radical (unpaired) electrons. The normalized spacial score (nSPS) is 21.3. The summed E-state index contributed by atoms with van der Waals surface area (Å²) in [6, 6.07) is 14.3. The second kappa shape index (κ2) is 6.30. The molecule has 4 heteroatoms. The number of amides is 1. The fraction of sp³-hybridized carbons (Fsp3) is 0.421. The molecule has 2 aromatic rings. The van der Waals surface area contributed by atoms with Crippen molar-refractivity contribution in [1.29, 1.82) is 0 Å². The predicted molar refractivity (Wildman–Crippen MR) is 92.4 cm³/mol. The predicted octanol–water partition coefficient (Wildman–Crippen LogP) is 1.91. The first-order chi connectivity index (χ1) is 11.0. The van der Waals surface area contributed by atoms with Crippen LogP contribution in [-0.2, 0) is 11.2 Å². The smallest absolute Gasteiger partial charge is 0.227 e. The molecule has 1 atom stereocenters. The Balaban J connectivity index is 1.67. The highest BCUT2D eigenvalue weighted by Gasteiger charge is 2.38. The quantitative estimate of drug-likeness (QED) is 0.938. The van der Waals surface area contributed by atoms with Crippen molar-refractivity contribution in [2.75, 3.05) is 33.7 Å². The van der Waals surface area contributed by atoms with Crippen LogP contribution in [-0.4, -0.2) is 60.1 Å². The third-order valence-electron chi connectivity index (χ3n) is 4.46. The maximum atomic E-state index is 12.5. The number of likely N-dealkylation sites (tertiary alicyclic amines) is 1. The number of hydrogen-bond acceptors (Lipinski definition) is 3. The molecular weight excluding hydrogens is 288 g/mol. The van der Waals surface area contributed by atoms with Crippen LogP contribution in [0.1, 0.15) is 12.0 Å². The lowest BCUT2D eigenvalue weighted by molar-refractivity contribution is -0.130. The Bertz CT molecular complexity index is 713. The van der Waals surface area contributed by atoms with Crippen LogP contribution in [0.15, 0.2) is 42.5 Å². The summed E-state index contributed by atoms with van der Waals surface area (Å²) in [4.78, 5) is 16.3. The molecule has 1 saturated heterocycles. The SMILES string of the molecule is CN(C)C[C@@]1(O)CCN(C(=O)Cc2ccc3ccccc3c2)C1. The second-order valence-corrected chi connectivity index (χ2v) is 6.89. The molecule has 122 valence electrons. The molecule has 3 rings (SSSR count). The molecule has 1 N–H and O–H groups in total. The molecule has 1 fully saturated rings. The summed E-state index contributed by atoms with van der Waals surface area (Å²) in [7, 11) is 3.88. The molecule has 0 unspecified atom stereocenters. The van der Waals surface area contributed by atoms with Crippen LogP contribution in [0.3, 0.4) is 0 Å². The molecule has 2 aromatic carbocycles. The summed E-state index contributed by atoms with van der Waals surface area (Å²) in [6.45, 7) is 1.65. The van der Waals surface area contributed by atoms with Gasteiger partial charge in [0.15, 0.2) is 0 Å². The Morgan fingerprint density at radius 1 is 1.22 bits per heavy atom. The van der Waals surface area contributed by atoms with Gasteiger partial charge < -0.3 is 14.9 Å². The summed E-state index contributed by atoms with van der Waals surface area (Å²) in [5.74, 6) is 0.0926. The molecule has 0 spiro atoms. The van der Waals surface area contributed by atoms with E-state index in [0.29, 0.717) is 32.5 Å². The number of β-amino-alcohol motifs (C(OH)–C–C–N with tert-alkyl or cyclic N) is 1. The molecule has 0 aliphatic carbocycles. The number of likely N-dealkylation sites (N-methyl/N-ethyl adjacent to an activating group) is 1. The van der Waals surface area contributed by atoms with Crippen molar-refractivity contribution in [3.63, 3.8) is 0 Å². The van der Waals surface area contributed by atoms with Gasteiger partial charge in [-0.1, -0.05) is 42.5 Å². The highest BCUT2D eigenvalue weighted by molar-refractivity contribution is 5.85. The monoisotopic (exact) mass is 312 g/mol. The van der Waals surface area contributed by atoms with Crippen molar-refractivity contribution in [1.82, 2.24) is 9.80 Å². The van der Waals surface area contributed by atoms with Crippen LogP contribution in [0.5, 0.6) is 0 Å². The topological polar surface area (TPSA) is 43.8 Å². The molecule has 1 aliphatic rings. The minimum atomic E-state index is -0.775. The summed E-state index contributed by atoms with van der Waals surface area (Å²) < 4.78 is 0. The van der Waals surface area contributed by atoms with Gasteiger partial charge in [0.2, 0.25) is 5.91 Å². The lowest BCUT2D eigenvalue weighted by Gasteiger charge is -2.26. The first-order valence-electron chi connectivity index (χ1n) is 8.08. The fourth-order valence-electron chi connectivity index (χ4n) is 3.42. The largest absolute Gasteiger partial charge is 0.387 e. The van der Waals surface area contributed by atoms with Crippen LogP contribution < -0.4 is 0 Å². The van der Waals surface area contributed by atoms with Gasteiger partial charge in [0.1, 0.15) is 0 Å². The fourth-order valence-corrected chi connectivity index (χ4v) is 3.42. The van der Waals surface area contributed by atoms with Crippen molar-refractivity contribution < 1.29 is 9.90 Å². The summed E-state index contributed by atoms with van der Waals surface area (Å²) in [5, 5.41) is 12.9. The molecule has 1 amide bonds. The zero-order chi connectivity index (χ0) is 16.4.